The normalized spacial score (nSPS) is 12.2. The summed E-state index contributed by atoms with van der Waals surface area (Å²) in [4.78, 5) is 4.76. The molecule has 3 heteroatoms. The minimum atomic E-state index is -0.0149. The first kappa shape index (κ1) is 14.6. The van der Waals surface area contributed by atoms with Gasteiger partial charge in [-0.2, -0.15) is 0 Å². The number of anilines is 1. The molecule has 0 fully saturated rings. The van der Waals surface area contributed by atoms with Gasteiger partial charge in [-0.15, -0.1) is 0 Å². The molecule has 0 saturated heterocycles. The van der Waals surface area contributed by atoms with E-state index in [0.717, 1.165) is 22.9 Å². The first-order chi connectivity index (χ1) is 9.21. The maximum absolute atomic E-state index is 6.23. The van der Waals surface area contributed by atoms with Crippen molar-refractivity contribution in [3.63, 3.8) is 0 Å². The lowest BCUT2D eigenvalue weighted by molar-refractivity contribution is 0.524. The van der Waals surface area contributed by atoms with Crippen molar-refractivity contribution < 1.29 is 0 Å². The van der Waals surface area contributed by atoms with Gasteiger partial charge >= 0.3 is 0 Å². The van der Waals surface area contributed by atoms with E-state index in [-0.39, 0.29) is 5.41 Å². The van der Waals surface area contributed by atoms with Crippen molar-refractivity contribution in [3.8, 4) is 11.3 Å². The summed E-state index contributed by atoms with van der Waals surface area (Å²) >= 11 is 0. The third-order valence-corrected chi connectivity index (χ3v) is 3.66. The molecule has 2 rings (SSSR count). The fraction of sp³-hybridized carbons (Fsp3) is 0.471. The minimum Gasteiger partial charge on any atom is -0.383 e. The predicted octanol–water partition coefficient (Wildman–Crippen LogP) is 4.09. The quantitative estimate of drug-likeness (QED) is 0.894. The van der Waals surface area contributed by atoms with Crippen LogP contribution in [0.25, 0.3) is 11.3 Å². The molecule has 0 spiro atoms. The molecule has 2 N–H and O–H groups in total. The highest BCUT2D eigenvalue weighted by Gasteiger charge is 2.23. The van der Waals surface area contributed by atoms with E-state index in [2.05, 4.69) is 58.9 Å². The molecule has 1 heterocycles. The topological polar surface area (TPSA) is 43.8 Å². The van der Waals surface area contributed by atoms with E-state index < -0.39 is 0 Å². The van der Waals surface area contributed by atoms with Gasteiger partial charge in [0.1, 0.15) is 17.3 Å². The van der Waals surface area contributed by atoms with Gasteiger partial charge in [0, 0.05) is 18.0 Å². The largest absolute Gasteiger partial charge is 0.383 e. The molecule has 0 aliphatic carbocycles. The third kappa shape index (κ3) is 2.58. The zero-order valence-corrected chi connectivity index (χ0v) is 13.4. The molecule has 0 aliphatic heterocycles. The average Bonchev–Trinajstić information content (AvgIpc) is 2.66. The number of nitrogens with zero attached hydrogens (tertiary/aromatic N) is 2. The molecule has 108 valence electrons. The van der Waals surface area contributed by atoms with Crippen molar-refractivity contribution in [3.05, 3.63) is 35.7 Å². The Bertz CT molecular complexity index is 598. The minimum absolute atomic E-state index is 0.0149. The number of benzene rings is 1. The molecule has 0 aliphatic rings. The zero-order valence-electron chi connectivity index (χ0n) is 13.4. The molecule has 1 aromatic carbocycles. The monoisotopic (exact) mass is 271 g/mol. The van der Waals surface area contributed by atoms with Gasteiger partial charge in [0.15, 0.2) is 0 Å². The van der Waals surface area contributed by atoms with Gasteiger partial charge in [0.2, 0.25) is 0 Å². The number of nitrogen functional groups attached to an aromatic ring is 1. The number of hydrogen-bond donors (Lipinski definition) is 1. The van der Waals surface area contributed by atoms with Crippen LogP contribution in [0.2, 0.25) is 0 Å². The van der Waals surface area contributed by atoms with E-state index in [1.54, 1.807) is 0 Å². The van der Waals surface area contributed by atoms with Crippen molar-refractivity contribution in [1.82, 2.24) is 9.55 Å². The SMILES string of the molecule is CC(C)c1ccc(-c2nc(C(C)(C)C)n(C)c2N)cc1. The van der Waals surface area contributed by atoms with E-state index in [1.807, 2.05) is 11.6 Å². The second-order valence-corrected chi connectivity index (χ2v) is 6.75. The van der Waals surface area contributed by atoms with Crippen molar-refractivity contribution in [2.24, 2.45) is 7.05 Å². The fourth-order valence-electron chi connectivity index (χ4n) is 2.42. The van der Waals surface area contributed by atoms with Crippen molar-refractivity contribution >= 4 is 5.82 Å². The van der Waals surface area contributed by atoms with Crippen LogP contribution in [0.3, 0.4) is 0 Å². The summed E-state index contributed by atoms with van der Waals surface area (Å²) in [5, 5.41) is 0. The molecular formula is C17H25N3. The Kier molecular flexibility index (Phi) is 3.63. The summed E-state index contributed by atoms with van der Waals surface area (Å²) in [6, 6.07) is 8.54. The van der Waals surface area contributed by atoms with Crippen molar-refractivity contribution in [2.75, 3.05) is 5.73 Å². The summed E-state index contributed by atoms with van der Waals surface area (Å²) < 4.78 is 1.99. The zero-order chi connectivity index (χ0) is 15.1. The van der Waals surface area contributed by atoms with Gasteiger partial charge in [0.05, 0.1) is 0 Å². The lowest BCUT2D eigenvalue weighted by Gasteiger charge is -2.17. The second-order valence-electron chi connectivity index (χ2n) is 6.75. The maximum atomic E-state index is 6.23. The van der Waals surface area contributed by atoms with Crippen LogP contribution in [0.1, 0.15) is 51.9 Å². The van der Waals surface area contributed by atoms with E-state index in [0.29, 0.717) is 5.92 Å². The summed E-state index contributed by atoms with van der Waals surface area (Å²) in [5.74, 6) is 2.28. The Balaban J connectivity index is 2.48. The Morgan fingerprint density at radius 2 is 1.65 bits per heavy atom. The highest BCUT2D eigenvalue weighted by atomic mass is 15.1. The highest BCUT2D eigenvalue weighted by Crippen LogP contribution is 2.31. The fourth-order valence-corrected chi connectivity index (χ4v) is 2.42. The van der Waals surface area contributed by atoms with Crippen LogP contribution in [0.5, 0.6) is 0 Å². The number of imidazole rings is 1. The van der Waals surface area contributed by atoms with Crippen molar-refractivity contribution in [2.45, 2.75) is 46.0 Å². The van der Waals surface area contributed by atoms with Crippen LogP contribution in [0.4, 0.5) is 5.82 Å². The van der Waals surface area contributed by atoms with Gasteiger partial charge in [-0.05, 0) is 11.5 Å². The van der Waals surface area contributed by atoms with Crippen LogP contribution in [-0.2, 0) is 12.5 Å². The number of nitrogens with two attached hydrogens (primary N) is 1. The molecule has 0 atom stereocenters. The number of aromatic nitrogens is 2. The first-order valence-corrected chi connectivity index (χ1v) is 7.15. The number of hydrogen-bond acceptors (Lipinski definition) is 2. The molecule has 2 aromatic rings. The first-order valence-electron chi connectivity index (χ1n) is 7.15. The lowest BCUT2D eigenvalue weighted by Crippen LogP contribution is -2.17. The molecule has 0 saturated carbocycles. The Morgan fingerprint density at radius 3 is 2.05 bits per heavy atom. The van der Waals surface area contributed by atoms with E-state index >= 15 is 0 Å². The van der Waals surface area contributed by atoms with Crippen LogP contribution in [0, 0.1) is 0 Å². The Hall–Kier alpha value is -1.77. The Morgan fingerprint density at radius 1 is 1.10 bits per heavy atom. The molecule has 20 heavy (non-hydrogen) atoms. The van der Waals surface area contributed by atoms with Crippen LogP contribution < -0.4 is 5.73 Å². The molecule has 0 bridgehead atoms. The van der Waals surface area contributed by atoms with Gasteiger partial charge in [0.25, 0.3) is 0 Å². The molecule has 0 unspecified atom stereocenters. The van der Waals surface area contributed by atoms with E-state index in [4.69, 9.17) is 10.7 Å². The van der Waals surface area contributed by atoms with Crippen LogP contribution >= 0.6 is 0 Å². The molecule has 3 nitrogen and oxygen atoms in total. The smallest absolute Gasteiger partial charge is 0.131 e. The van der Waals surface area contributed by atoms with Gasteiger partial charge in [-0.1, -0.05) is 58.9 Å². The molecule has 1 aromatic heterocycles. The van der Waals surface area contributed by atoms with Crippen LogP contribution in [-0.4, -0.2) is 9.55 Å². The highest BCUT2D eigenvalue weighted by molar-refractivity contribution is 5.71. The number of rotatable bonds is 2. The summed E-state index contributed by atoms with van der Waals surface area (Å²) in [6.45, 7) is 10.9. The van der Waals surface area contributed by atoms with E-state index in [9.17, 15) is 0 Å². The molecule has 0 amide bonds. The Labute approximate surface area is 121 Å². The van der Waals surface area contributed by atoms with Crippen molar-refractivity contribution in [1.29, 1.82) is 0 Å². The second kappa shape index (κ2) is 4.97. The third-order valence-electron chi connectivity index (χ3n) is 3.66. The van der Waals surface area contributed by atoms with Gasteiger partial charge in [-0.3, -0.25) is 0 Å². The average molecular weight is 271 g/mol. The molecular weight excluding hydrogens is 246 g/mol. The maximum Gasteiger partial charge on any atom is 0.131 e. The van der Waals surface area contributed by atoms with Gasteiger partial charge < -0.3 is 10.3 Å². The predicted molar refractivity (Wildman–Crippen MR) is 85.8 cm³/mol. The lowest BCUT2D eigenvalue weighted by atomic mass is 9.96. The summed E-state index contributed by atoms with van der Waals surface area (Å²) in [5.41, 5.74) is 9.51. The standard InChI is InChI=1S/C17H25N3/c1-11(2)12-7-9-13(10-8-12)14-15(18)20(6)16(19-14)17(3,4)5/h7-11H,18H2,1-6H3. The van der Waals surface area contributed by atoms with Gasteiger partial charge in [-0.25, -0.2) is 4.98 Å². The van der Waals surface area contributed by atoms with Crippen LogP contribution in [0.15, 0.2) is 24.3 Å². The summed E-state index contributed by atoms with van der Waals surface area (Å²) in [6.07, 6.45) is 0. The summed E-state index contributed by atoms with van der Waals surface area (Å²) in [7, 11) is 1.98. The molecule has 0 radical (unpaired) electrons. The van der Waals surface area contributed by atoms with E-state index in [1.165, 1.54) is 5.56 Å².